The molecule has 0 rings (SSSR count). The molecule has 0 saturated carbocycles. The average Bonchev–Trinajstić information content (AvgIpc) is 2.35. The van der Waals surface area contributed by atoms with Crippen molar-refractivity contribution < 1.29 is 9.90 Å². The summed E-state index contributed by atoms with van der Waals surface area (Å²) in [5, 5.41) is 8.82. The number of rotatable bonds is 14. The summed E-state index contributed by atoms with van der Waals surface area (Å²) in [5.41, 5.74) is 11.0. The second-order valence-corrected chi connectivity index (χ2v) is 5.62. The SMILES string of the molecule is CCCCCCCCCCCN(CC(=O)O)CC(N)N. The third-order valence-corrected chi connectivity index (χ3v) is 3.41. The minimum atomic E-state index is -0.818. The maximum Gasteiger partial charge on any atom is 0.317 e. The molecule has 0 unspecified atom stereocenters. The fourth-order valence-corrected chi connectivity index (χ4v) is 2.37. The van der Waals surface area contributed by atoms with Crippen molar-refractivity contribution in [2.45, 2.75) is 70.9 Å². The zero-order valence-electron chi connectivity index (χ0n) is 13.0. The van der Waals surface area contributed by atoms with E-state index >= 15 is 0 Å². The third-order valence-electron chi connectivity index (χ3n) is 3.41. The molecule has 0 fully saturated rings. The number of carboxylic acids is 1. The van der Waals surface area contributed by atoms with Gasteiger partial charge in [-0.15, -0.1) is 0 Å². The van der Waals surface area contributed by atoms with E-state index < -0.39 is 12.1 Å². The predicted molar refractivity (Wildman–Crippen MR) is 83.5 cm³/mol. The summed E-state index contributed by atoms with van der Waals surface area (Å²) in [6.07, 6.45) is 10.9. The first-order valence-electron chi connectivity index (χ1n) is 8.01. The zero-order chi connectivity index (χ0) is 15.2. The monoisotopic (exact) mass is 287 g/mol. The van der Waals surface area contributed by atoms with E-state index in [1.165, 1.54) is 44.9 Å². The van der Waals surface area contributed by atoms with Crippen LogP contribution in [0.4, 0.5) is 0 Å². The Morgan fingerprint density at radius 1 is 1.00 bits per heavy atom. The molecule has 0 saturated heterocycles. The van der Waals surface area contributed by atoms with E-state index in [1.807, 2.05) is 4.90 Å². The number of carbonyl (C=O) groups is 1. The number of hydrogen-bond acceptors (Lipinski definition) is 4. The summed E-state index contributed by atoms with van der Waals surface area (Å²) in [7, 11) is 0. The van der Waals surface area contributed by atoms with Gasteiger partial charge in [-0.3, -0.25) is 9.69 Å². The van der Waals surface area contributed by atoms with Crippen molar-refractivity contribution in [1.29, 1.82) is 0 Å². The molecule has 0 bridgehead atoms. The summed E-state index contributed by atoms with van der Waals surface area (Å²) in [5.74, 6) is -0.818. The van der Waals surface area contributed by atoms with E-state index in [-0.39, 0.29) is 6.54 Å². The molecule has 5 nitrogen and oxygen atoms in total. The summed E-state index contributed by atoms with van der Waals surface area (Å²) < 4.78 is 0. The fraction of sp³-hybridized carbons (Fsp3) is 0.933. The van der Waals surface area contributed by atoms with Gasteiger partial charge in [-0.1, -0.05) is 58.3 Å². The van der Waals surface area contributed by atoms with E-state index in [4.69, 9.17) is 16.6 Å². The Hall–Kier alpha value is -0.650. The van der Waals surface area contributed by atoms with E-state index in [0.717, 1.165) is 19.4 Å². The first-order valence-corrected chi connectivity index (χ1v) is 8.01. The predicted octanol–water partition coefficient (Wildman–Crippen LogP) is 2.15. The van der Waals surface area contributed by atoms with Gasteiger partial charge in [0.1, 0.15) is 0 Å². The van der Waals surface area contributed by atoms with Gasteiger partial charge in [0.2, 0.25) is 0 Å². The highest BCUT2D eigenvalue weighted by Gasteiger charge is 2.11. The van der Waals surface area contributed by atoms with Gasteiger partial charge in [0.05, 0.1) is 12.7 Å². The standard InChI is InChI=1S/C15H33N3O2/c1-2-3-4-5-6-7-8-9-10-11-18(12-14(16)17)13-15(19)20/h14H,2-13,16-17H2,1H3,(H,19,20). The van der Waals surface area contributed by atoms with Crippen molar-refractivity contribution in [3.05, 3.63) is 0 Å². The van der Waals surface area contributed by atoms with E-state index in [9.17, 15) is 4.79 Å². The van der Waals surface area contributed by atoms with Crippen LogP contribution >= 0.6 is 0 Å². The van der Waals surface area contributed by atoms with Crippen LogP contribution in [0.5, 0.6) is 0 Å². The van der Waals surface area contributed by atoms with Crippen LogP contribution in [0.1, 0.15) is 64.7 Å². The van der Waals surface area contributed by atoms with Gasteiger partial charge in [0.25, 0.3) is 0 Å². The molecule has 0 spiro atoms. The Bertz CT molecular complexity index is 235. The second-order valence-electron chi connectivity index (χ2n) is 5.62. The quantitative estimate of drug-likeness (QED) is 0.336. The lowest BCUT2D eigenvalue weighted by molar-refractivity contribution is -0.138. The molecule has 0 atom stereocenters. The Balaban J connectivity index is 3.50. The summed E-state index contributed by atoms with van der Waals surface area (Å²) in [6, 6.07) is 0. The van der Waals surface area contributed by atoms with Gasteiger partial charge in [-0.05, 0) is 13.0 Å². The van der Waals surface area contributed by atoms with Gasteiger partial charge in [0, 0.05) is 6.54 Å². The van der Waals surface area contributed by atoms with Gasteiger partial charge in [0.15, 0.2) is 0 Å². The molecule has 0 heterocycles. The normalized spacial score (nSPS) is 11.4. The van der Waals surface area contributed by atoms with Crippen LogP contribution in [0.3, 0.4) is 0 Å². The number of hydrogen-bond donors (Lipinski definition) is 3. The minimum Gasteiger partial charge on any atom is -0.480 e. The lowest BCUT2D eigenvalue weighted by Gasteiger charge is -2.21. The molecule has 120 valence electrons. The summed E-state index contributed by atoms with van der Waals surface area (Å²) >= 11 is 0. The van der Waals surface area contributed by atoms with E-state index in [0.29, 0.717) is 6.54 Å². The average molecular weight is 287 g/mol. The molecule has 0 aliphatic carbocycles. The molecule has 0 radical (unpaired) electrons. The van der Waals surface area contributed by atoms with Crippen LogP contribution in [0.2, 0.25) is 0 Å². The Morgan fingerprint density at radius 3 is 1.95 bits per heavy atom. The molecule has 0 aromatic rings. The van der Waals surface area contributed by atoms with Crippen molar-refractivity contribution in [1.82, 2.24) is 4.90 Å². The van der Waals surface area contributed by atoms with E-state index in [1.54, 1.807) is 0 Å². The van der Waals surface area contributed by atoms with Crippen LogP contribution in [-0.4, -0.2) is 41.8 Å². The van der Waals surface area contributed by atoms with Gasteiger partial charge in [-0.25, -0.2) is 0 Å². The van der Waals surface area contributed by atoms with Gasteiger partial charge in [-0.2, -0.15) is 0 Å². The molecule has 20 heavy (non-hydrogen) atoms. The van der Waals surface area contributed by atoms with Crippen molar-refractivity contribution in [3.8, 4) is 0 Å². The number of aliphatic carboxylic acids is 1. The highest BCUT2D eigenvalue weighted by atomic mass is 16.4. The number of nitrogens with zero attached hydrogens (tertiary/aromatic N) is 1. The van der Waals surface area contributed by atoms with Crippen molar-refractivity contribution >= 4 is 5.97 Å². The molecular weight excluding hydrogens is 254 g/mol. The van der Waals surface area contributed by atoms with Crippen molar-refractivity contribution in [2.75, 3.05) is 19.6 Å². The maximum absolute atomic E-state index is 10.7. The lowest BCUT2D eigenvalue weighted by atomic mass is 10.1. The molecule has 0 aliphatic heterocycles. The van der Waals surface area contributed by atoms with Gasteiger partial charge >= 0.3 is 5.97 Å². The van der Waals surface area contributed by atoms with Crippen molar-refractivity contribution in [3.63, 3.8) is 0 Å². The number of nitrogens with two attached hydrogens (primary N) is 2. The van der Waals surface area contributed by atoms with E-state index in [2.05, 4.69) is 6.92 Å². The first-order chi connectivity index (χ1) is 9.56. The lowest BCUT2D eigenvalue weighted by Crippen LogP contribution is -2.45. The molecule has 5 N–H and O–H groups in total. The molecular formula is C15H33N3O2. The Morgan fingerprint density at radius 2 is 1.50 bits per heavy atom. The Labute approximate surface area is 123 Å². The highest BCUT2D eigenvalue weighted by Crippen LogP contribution is 2.09. The third kappa shape index (κ3) is 13.8. The van der Waals surface area contributed by atoms with Crippen LogP contribution in [0, 0.1) is 0 Å². The molecule has 0 aromatic heterocycles. The van der Waals surface area contributed by atoms with Gasteiger partial charge < -0.3 is 16.6 Å². The smallest absolute Gasteiger partial charge is 0.317 e. The summed E-state index contributed by atoms with van der Waals surface area (Å²) in [4.78, 5) is 12.6. The highest BCUT2D eigenvalue weighted by molar-refractivity contribution is 5.69. The number of carboxylic acid groups (broad SMARTS) is 1. The summed E-state index contributed by atoms with van der Waals surface area (Å²) in [6.45, 7) is 3.48. The topological polar surface area (TPSA) is 92.6 Å². The molecule has 0 amide bonds. The van der Waals surface area contributed by atoms with Crippen LogP contribution < -0.4 is 11.5 Å². The van der Waals surface area contributed by atoms with Crippen molar-refractivity contribution in [2.24, 2.45) is 11.5 Å². The molecule has 0 aromatic carbocycles. The molecule has 5 heteroatoms. The fourth-order valence-electron chi connectivity index (χ4n) is 2.37. The first kappa shape index (κ1) is 19.4. The van der Waals surface area contributed by atoms with Crippen LogP contribution in [0.15, 0.2) is 0 Å². The zero-order valence-corrected chi connectivity index (χ0v) is 13.0. The van der Waals surface area contributed by atoms with Crippen LogP contribution in [-0.2, 0) is 4.79 Å². The largest absolute Gasteiger partial charge is 0.480 e. The maximum atomic E-state index is 10.7. The second kappa shape index (κ2) is 13.3. The Kier molecular flexibility index (Phi) is 12.9. The molecule has 0 aliphatic rings. The van der Waals surface area contributed by atoms with Crippen LogP contribution in [0.25, 0.3) is 0 Å². The minimum absolute atomic E-state index is 0.0297. The number of unbranched alkanes of at least 4 members (excludes halogenated alkanes) is 8.